The molecule has 0 saturated heterocycles. The Kier molecular flexibility index (Phi) is 4.12. The van der Waals surface area contributed by atoms with E-state index in [0.29, 0.717) is 5.56 Å². The van der Waals surface area contributed by atoms with E-state index in [4.69, 9.17) is 5.11 Å². The Labute approximate surface area is 89.3 Å². The quantitative estimate of drug-likeness (QED) is 0.639. The lowest BCUT2D eigenvalue weighted by atomic mass is 10.1. The first-order valence-electron chi connectivity index (χ1n) is 4.88. The third-order valence-corrected chi connectivity index (χ3v) is 2.25. The van der Waals surface area contributed by atoms with Crippen molar-refractivity contribution in [2.24, 2.45) is 0 Å². The topological polar surface area (TPSA) is 61.4 Å². The van der Waals surface area contributed by atoms with Gasteiger partial charge in [0.1, 0.15) is 0 Å². The molecule has 0 saturated carbocycles. The molecule has 0 fully saturated rings. The second kappa shape index (κ2) is 5.36. The van der Waals surface area contributed by atoms with Gasteiger partial charge < -0.3 is 15.7 Å². The van der Waals surface area contributed by atoms with Crippen molar-refractivity contribution in [1.29, 1.82) is 0 Å². The first-order chi connectivity index (χ1) is 7.16. The van der Waals surface area contributed by atoms with Crippen LogP contribution in [-0.2, 0) is 0 Å². The summed E-state index contributed by atoms with van der Waals surface area (Å²) in [5, 5.41) is 15.1. The molecule has 0 atom stereocenters. The molecule has 0 aromatic heterocycles. The molecule has 1 rings (SSSR count). The molecule has 0 aliphatic heterocycles. The third kappa shape index (κ3) is 2.95. The van der Waals surface area contributed by atoms with Gasteiger partial charge in [0.2, 0.25) is 0 Å². The number of hydrogen-bond donors (Lipinski definition) is 3. The molecule has 0 heterocycles. The molecule has 0 unspecified atom stereocenters. The Hall–Kier alpha value is -1.55. The van der Waals surface area contributed by atoms with Gasteiger partial charge in [-0.3, -0.25) is 0 Å². The predicted molar refractivity (Wildman–Crippen MR) is 60.6 cm³/mol. The number of anilines is 1. The van der Waals surface area contributed by atoms with Gasteiger partial charge in [-0.05, 0) is 31.7 Å². The zero-order valence-electron chi connectivity index (χ0n) is 9.00. The number of nitrogens with one attached hydrogen (secondary N) is 2. The van der Waals surface area contributed by atoms with Crippen LogP contribution in [0.1, 0.15) is 15.9 Å². The maximum Gasteiger partial charge on any atom is 0.336 e. The summed E-state index contributed by atoms with van der Waals surface area (Å²) in [6, 6.07) is 5.25. The van der Waals surface area contributed by atoms with E-state index in [0.717, 1.165) is 24.3 Å². The Balaban J connectivity index is 2.80. The molecule has 0 bridgehead atoms. The first-order valence-corrected chi connectivity index (χ1v) is 4.88. The van der Waals surface area contributed by atoms with E-state index in [9.17, 15) is 4.79 Å². The fourth-order valence-electron chi connectivity index (χ4n) is 1.38. The number of carboxylic acid groups (broad SMARTS) is 1. The smallest absolute Gasteiger partial charge is 0.336 e. The summed E-state index contributed by atoms with van der Waals surface area (Å²) in [4.78, 5) is 10.9. The van der Waals surface area contributed by atoms with Crippen LogP contribution in [0.5, 0.6) is 0 Å². The van der Waals surface area contributed by atoms with Gasteiger partial charge in [-0.15, -0.1) is 0 Å². The molecule has 4 heteroatoms. The maximum atomic E-state index is 10.9. The third-order valence-electron chi connectivity index (χ3n) is 2.25. The van der Waals surface area contributed by atoms with Crippen LogP contribution in [0.2, 0.25) is 0 Å². The number of carboxylic acids is 1. The highest BCUT2D eigenvalue weighted by Gasteiger charge is 2.08. The molecule has 3 N–H and O–H groups in total. The molecule has 0 spiro atoms. The average Bonchev–Trinajstić information content (AvgIpc) is 2.20. The fourth-order valence-corrected chi connectivity index (χ4v) is 1.38. The van der Waals surface area contributed by atoms with Crippen molar-refractivity contribution in [2.75, 3.05) is 25.5 Å². The summed E-state index contributed by atoms with van der Waals surface area (Å²) < 4.78 is 0. The van der Waals surface area contributed by atoms with Crippen molar-refractivity contribution in [3.63, 3.8) is 0 Å². The summed E-state index contributed by atoms with van der Waals surface area (Å²) >= 11 is 0. The number of rotatable bonds is 5. The van der Waals surface area contributed by atoms with Crippen molar-refractivity contribution in [3.05, 3.63) is 29.3 Å². The van der Waals surface area contributed by atoms with Gasteiger partial charge in [0.05, 0.1) is 5.56 Å². The van der Waals surface area contributed by atoms with Crippen molar-refractivity contribution >= 4 is 11.7 Å². The zero-order valence-corrected chi connectivity index (χ0v) is 9.00. The zero-order chi connectivity index (χ0) is 11.3. The van der Waals surface area contributed by atoms with Crippen LogP contribution in [0.15, 0.2) is 18.2 Å². The Morgan fingerprint density at radius 1 is 1.40 bits per heavy atom. The van der Waals surface area contributed by atoms with Crippen LogP contribution in [0.4, 0.5) is 5.69 Å². The van der Waals surface area contributed by atoms with Gasteiger partial charge in [0.15, 0.2) is 0 Å². The highest BCUT2D eigenvalue weighted by molar-refractivity contribution is 5.91. The van der Waals surface area contributed by atoms with E-state index in [1.54, 1.807) is 12.1 Å². The molecule has 0 amide bonds. The lowest BCUT2D eigenvalue weighted by Gasteiger charge is -2.10. The number of likely N-dealkylation sites (N-methyl/N-ethyl adjacent to an activating group) is 1. The van der Waals surface area contributed by atoms with E-state index in [1.165, 1.54) is 0 Å². The average molecular weight is 208 g/mol. The summed E-state index contributed by atoms with van der Waals surface area (Å²) in [6.07, 6.45) is 0. The van der Waals surface area contributed by atoms with Gasteiger partial charge in [0, 0.05) is 18.8 Å². The van der Waals surface area contributed by atoms with Gasteiger partial charge in [-0.1, -0.05) is 6.07 Å². The molecular weight excluding hydrogens is 192 g/mol. The van der Waals surface area contributed by atoms with E-state index < -0.39 is 5.97 Å². The lowest BCUT2D eigenvalue weighted by molar-refractivity contribution is 0.0696. The van der Waals surface area contributed by atoms with Crippen LogP contribution in [0.25, 0.3) is 0 Å². The largest absolute Gasteiger partial charge is 0.478 e. The van der Waals surface area contributed by atoms with Crippen molar-refractivity contribution in [1.82, 2.24) is 5.32 Å². The number of carbonyl (C=O) groups is 1. The molecule has 15 heavy (non-hydrogen) atoms. The number of aromatic carboxylic acids is 1. The van der Waals surface area contributed by atoms with Crippen LogP contribution in [0.3, 0.4) is 0 Å². The van der Waals surface area contributed by atoms with Gasteiger partial charge in [-0.25, -0.2) is 4.79 Å². The Morgan fingerprint density at radius 2 is 2.13 bits per heavy atom. The highest BCUT2D eigenvalue weighted by Crippen LogP contribution is 2.18. The fraction of sp³-hybridized carbons (Fsp3) is 0.364. The molecule has 4 nitrogen and oxygen atoms in total. The van der Waals surface area contributed by atoms with Crippen LogP contribution >= 0.6 is 0 Å². The van der Waals surface area contributed by atoms with Crippen LogP contribution in [-0.4, -0.2) is 31.2 Å². The van der Waals surface area contributed by atoms with E-state index in [-0.39, 0.29) is 0 Å². The van der Waals surface area contributed by atoms with Gasteiger partial charge in [-0.2, -0.15) is 0 Å². The lowest BCUT2D eigenvalue weighted by Crippen LogP contribution is -2.18. The summed E-state index contributed by atoms with van der Waals surface area (Å²) in [5.41, 5.74) is 2.01. The van der Waals surface area contributed by atoms with Gasteiger partial charge in [0.25, 0.3) is 0 Å². The second-order valence-electron chi connectivity index (χ2n) is 3.31. The minimum absolute atomic E-state index is 0.351. The van der Waals surface area contributed by atoms with Crippen LogP contribution < -0.4 is 10.6 Å². The number of hydrogen-bond acceptors (Lipinski definition) is 3. The van der Waals surface area contributed by atoms with Crippen LogP contribution in [0, 0.1) is 6.92 Å². The minimum atomic E-state index is -0.884. The highest BCUT2D eigenvalue weighted by atomic mass is 16.4. The van der Waals surface area contributed by atoms with Crippen molar-refractivity contribution in [2.45, 2.75) is 6.92 Å². The Bertz CT molecular complexity index is 350. The van der Waals surface area contributed by atoms with Crippen molar-refractivity contribution in [3.8, 4) is 0 Å². The molecule has 0 aliphatic rings. The molecule has 1 aromatic rings. The molecule has 0 radical (unpaired) electrons. The van der Waals surface area contributed by atoms with E-state index in [2.05, 4.69) is 10.6 Å². The normalized spacial score (nSPS) is 10.0. The second-order valence-corrected chi connectivity index (χ2v) is 3.31. The minimum Gasteiger partial charge on any atom is -0.478 e. The summed E-state index contributed by atoms with van der Waals surface area (Å²) in [6.45, 7) is 3.43. The maximum absolute atomic E-state index is 10.9. The summed E-state index contributed by atoms with van der Waals surface area (Å²) in [7, 11) is 1.88. The molecule has 0 aliphatic carbocycles. The monoisotopic (exact) mass is 208 g/mol. The molecular formula is C11H16N2O2. The Morgan fingerprint density at radius 3 is 2.73 bits per heavy atom. The molecule has 82 valence electrons. The molecule has 1 aromatic carbocycles. The standard InChI is InChI=1S/C11H16N2O2/c1-8-9(11(14)15)4-3-5-10(8)13-7-6-12-2/h3-5,12-13H,6-7H2,1-2H3,(H,14,15). The predicted octanol–water partition coefficient (Wildman–Crippen LogP) is 1.32. The van der Waals surface area contributed by atoms with Crippen molar-refractivity contribution < 1.29 is 9.90 Å². The van der Waals surface area contributed by atoms with E-state index in [1.807, 2.05) is 20.0 Å². The van der Waals surface area contributed by atoms with Gasteiger partial charge >= 0.3 is 5.97 Å². The number of benzene rings is 1. The summed E-state index contributed by atoms with van der Waals surface area (Å²) in [5.74, 6) is -0.884. The first kappa shape index (κ1) is 11.5. The SMILES string of the molecule is CNCCNc1cccc(C(=O)O)c1C. The van der Waals surface area contributed by atoms with E-state index >= 15 is 0 Å².